The number of benzene rings is 1. The zero-order chi connectivity index (χ0) is 12.8. The van der Waals surface area contributed by atoms with Crippen molar-refractivity contribution in [1.29, 1.82) is 0 Å². The van der Waals surface area contributed by atoms with Gasteiger partial charge in [0.1, 0.15) is 0 Å². The second kappa shape index (κ2) is 6.76. The smallest absolute Gasteiger partial charge is 0.0363 e. The maximum Gasteiger partial charge on any atom is 0.0363 e. The fraction of sp³-hybridized carbons (Fsp3) is 0.600. The predicted molar refractivity (Wildman–Crippen MR) is 78.2 cm³/mol. The molecule has 1 unspecified atom stereocenters. The van der Waals surface area contributed by atoms with Crippen molar-refractivity contribution in [1.82, 2.24) is 10.2 Å². The zero-order valence-corrected chi connectivity index (χ0v) is 11.6. The maximum atomic E-state index is 3.65. The third-order valence-corrected chi connectivity index (χ3v) is 3.69. The van der Waals surface area contributed by atoms with Crippen LogP contribution in [-0.2, 0) is 0 Å². The first-order valence-electron chi connectivity index (χ1n) is 6.94. The van der Waals surface area contributed by atoms with Crippen LogP contribution in [0.4, 0.5) is 5.69 Å². The number of para-hydroxylation sites is 1. The summed E-state index contributed by atoms with van der Waals surface area (Å²) in [6, 6.07) is 11.3. The second-order valence-electron chi connectivity index (χ2n) is 5.31. The standard InChI is InChI=1S/C15H25N3/c1-17-12-9-14(13-17)16-10-6-11-18(2)15-7-4-3-5-8-15/h3-5,7-8,14,16H,6,9-13H2,1-2H3. The SMILES string of the molecule is CN1CCC(NCCCN(C)c2ccccc2)C1. The first kappa shape index (κ1) is 13.4. The Hall–Kier alpha value is -1.06. The summed E-state index contributed by atoms with van der Waals surface area (Å²) in [4.78, 5) is 4.72. The van der Waals surface area contributed by atoms with Gasteiger partial charge < -0.3 is 15.1 Å². The van der Waals surface area contributed by atoms with Crippen molar-refractivity contribution < 1.29 is 0 Å². The van der Waals surface area contributed by atoms with Crippen LogP contribution in [0.1, 0.15) is 12.8 Å². The molecule has 1 aromatic carbocycles. The molecular weight excluding hydrogens is 222 g/mol. The molecule has 0 aromatic heterocycles. The Balaban J connectivity index is 1.61. The Morgan fingerprint density at radius 3 is 2.78 bits per heavy atom. The van der Waals surface area contributed by atoms with Gasteiger partial charge in [0.2, 0.25) is 0 Å². The lowest BCUT2D eigenvalue weighted by molar-refractivity contribution is 0.397. The molecule has 0 aliphatic carbocycles. The van der Waals surface area contributed by atoms with Crippen molar-refractivity contribution in [3.05, 3.63) is 30.3 Å². The van der Waals surface area contributed by atoms with Gasteiger partial charge in [-0.05, 0) is 45.1 Å². The van der Waals surface area contributed by atoms with E-state index in [1.165, 1.54) is 31.6 Å². The average molecular weight is 247 g/mol. The van der Waals surface area contributed by atoms with Crippen LogP contribution in [-0.4, -0.2) is 51.2 Å². The molecule has 1 fully saturated rings. The minimum atomic E-state index is 0.706. The number of hydrogen-bond donors (Lipinski definition) is 1. The van der Waals surface area contributed by atoms with Crippen LogP contribution in [0.25, 0.3) is 0 Å². The summed E-state index contributed by atoms with van der Waals surface area (Å²) in [6.45, 7) is 4.67. The lowest BCUT2D eigenvalue weighted by atomic mass is 10.2. The quantitative estimate of drug-likeness (QED) is 0.773. The number of nitrogens with zero attached hydrogens (tertiary/aromatic N) is 2. The van der Waals surface area contributed by atoms with Crippen LogP contribution < -0.4 is 10.2 Å². The first-order chi connectivity index (χ1) is 8.75. The van der Waals surface area contributed by atoms with Gasteiger partial charge in [0.15, 0.2) is 0 Å². The van der Waals surface area contributed by atoms with E-state index in [4.69, 9.17) is 0 Å². The lowest BCUT2D eigenvalue weighted by Gasteiger charge is -2.20. The van der Waals surface area contributed by atoms with E-state index in [0.717, 1.165) is 13.1 Å². The van der Waals surface area contributed by atoms with Gasteiger partial charge in [-0.25, -0.2) is 0 Å². The summed E-state index contributed by atoms with van der Waals surface area (Å²) in [7, 11) is 4.36. The number of rotatable bonds is 6. The highest BCUT2D eigenvalue weighted by Crippen LogP contribution is 2.11. The molecule has 100 valence electrons. The van der Waals surface area contributed by atoms with E-state index in [0.29, 0.717) is 6.04 Å². The molecule has 0 bridgehead atoms. The molecule has 2 rings (SSSR count). The summed E-state index contributed by atoms with van der Waals surface area (Å²) in [6.07, 6.45) is 2.50. The van der Waals surface area contributed by atoms with Gasteiger partial charge in [-0.15, -0.1) is 0 Å². The molecule has 0 amide bonds. The molecule has 0 saturated carbocycles. The molecule has 3 heteroatoms. The van der Waals surface area contributed by atoms with Crippen LogP contribution >= 0.6 is 0 Å². The van der Waals surface area contributed by atoms with Gasteiger partial charge >= 0.3 is 0 Å². The lowest BCUT2D eigenvalue weighted by Crippen LogP contribution is -2.33. The van der Waals surface area contributed by atoms with Crippen LogP contribution in [0, 0.1) is 0 Å². The Morgan fingerprint density at radius 2 is 2.11 bits per heavy atom. The van der Waals surface area contributed by atoms with Gasteiger partial charge in [-0.2, -0.15) is 0 Å². The predicted octanol–water partition coefficient (Wildman–Crippen LogP) is 1.81. The highest BCUT2D eigenvalue weighted by Gasteiger charge is 2.17. The number of hydrogen-bond acceptors (Lipinski definition) is 3. The number of anilines is 1. The minimum Gasteiger partial charge on any atom is -0.375 e. The monoisotopic (exact) mass is 247 g/mol. The topological polar surface area (TPSA) is 18.5 Å². The molecule has 1 saturated heterocycles. The fourth-order valence-corrected chi connectivity index (χ4v) is 2.54. The second-order valence-corrected chi connectivity index (χ2v) is 5.31. The van der Waals surface area contributed by atoms with Crippen molar-refractivity contribution in [2.75, 3.05) is 45.2 Å². The normalized spacial score (nSPS) is 20.2. The van der Waals surface area contributed by atoms with Gasteiger partial charge in [-0.1, -0.05) is 18.2 Å². The third-order valence-electron chi connectivity index (χ3n) is 3.69. The van der Waals surface area contributed by atoms with Crippen molar-refractivity contribution in [3.63, 3.8) is 0 Å². The minimum absolute atomic E-state index is 0.706. The summed E-state index contributed by atoms with van der Waals surface area (Å²) in [5.41, 5.74) is 1.30. The van der Waals surface area contributed by atoms with Crippen LogP contribution in [0.3, 0.4) is 0 Å². The summed E-state index contributed by atoms with van der Waals surface area (Å²) in [5, 5.41) is 3.65. The van der Waals surface area contributed by atoms with Crippen LogP contribution in [0.5, 0.6) is 0 Å². The van der Waals surface area contributed by atoms with E-state index in [1.807, 2.05) is 0 Å². The van der Waals surface area contributed by atoms with Crippen molar-refractivity contribution in [2.45, 2.75) is 18.9 Å². The van der Waals surface area contributed by atoms with Crippen molar-refractivity contribution in [3.8, 4) is 0 Å². The Labute approximate surface area is 111 Å². The van der Waals surface area contributed by atoms with Crippen molar-refractivity contribution >= 4 is 5.69 Å². The van der Waals surface area contributed by atoms with Gasteiger partial charge in [0.25, 0.3) is 0 Å². The van der Waals surface area contributed by atoms with E-state index in [2.05, 4.69) is 59.5 Å². The van der Waals surface area contributed by atoms with E-state index < -0.39 is 0 Å². The largest absolute Gasteiger partial charge is 0.375 e. The number of likely N-dealkylation sites (tertiary alicyclic amines) is 1. The molecule has 0 spiro atoms. The van der Waals surface area contributed by atoms with Crippen LogP contribution in [0.2, 0.25) is 0 Å². The summed E-state index contributed by atoms with van der Waals surface area (Å²) in [5.74, 6) is 0. The van der Waals surface area contributed by atoms with E-state index >= 15 is 0 Å². The summed E-state index contributed by atoms with van der Waals surface area (Å²) >= 11 is 0. The molecule has 1 atom stereocenters. The molecule has 18 heavy (non-hydrogen) atoms. The molecule has 1 aromatic rings. The Bertz CT molecular complexity index is 339. The highest BCUT2D eigenvalue weighted by molar-refractivity contribution is 5.44. The Kier molecular flexibility index (Phi) is 5.02. The molecule has 1 aliphatic rings. The summed E-state index contributed by atoms with van der Waals surface area (Å²) < 4.78 is 0. The molecule has 1 heterocycles. The third kappa shape index (κ3) is 4.00. The fourth-order valence-electron chi connectivity index (χ4n) is 2.54. The first-order valence-corrected chi connectivity index (χ1v) is 6.94. The molecule has 1 aliphatic heterocycles. The van der Waals surface area contributed by atoms with E-state index in [-0.39, 0.29) is 0 Å². The molecule has 3 nitrogen and oxygen atoms in total. The van der Waals surface area contributed by atoms with Gasteiger partial charge in [0.05, 0.1) is 0 Å². The highest BCUT2D eigenvalue weighted by atomic mass is 15.2. The van der Waals surface area contributed by atoms with Crippen molar-refractivity contribution in [2.24, 2.45) is 0 Å². The van der Waals surface area contributed by atoms with Gasteiger partial charge in [-0.3, -0.25) is 0 Å². The maximum absolute atomic E-state index is 3.65. The van der Waals surface area contributed by atoms with Gasteiger partial charge in [0, 0.05) is 31.9 Å². The Morgan fingerprint density at radius 1 is 1.33 bits per heavy atom. The van der Waals surface area contributed by atoms with E-state index in [9.17, 15) is 0 Å². The number of nitrogens with one attached hydrogen (secondary N) is 1. The molecule has 0 radical (unpaired) electrons. The molecule has 1 N–H and O–H groups in total. The number of likely N-dealkylation sites (N-methyl/N-ethyl adjacent to an activating group) is 1. The van der Waals surface area contributed by atoms with Crippen LogP contribution in [0.15, 0.2) is 30.3 Å². The molecular formula is C15H25N3. The average Bonchev–Trinajstić information content (AvgIpc) is 2.81. The zero-order valence-electron chi connectivity index (χ0n) is 11.6. The van der Waals surface area contributed by atoms with E-state index in [1.54, 1.807) is 0 Å².